The zero-order chi connectivity index (χ0) is 23.2. The lowest BCUT2D eigenvalue weighted by molar-refractivity contribution is -0.113. The van der Waals surface area contributed by atoms with Gasteiger partial charge in [0.2, 0.25) is 5.91 Å². The Kier molecular flexibility index (Phi) is 7.32. The standard InChI is InChI=1S/C25H23ClN4O2S/c1-3-13-30-23(15-32-22-10-6-8-18-7-4-5-9-20(18)22)28-29-25(30)33-16-24(31)27-21-14-19(26)12-11-17(21)2/h3-12,14H,1,13,15-16H2,2H3,(H,27,31). The normalized spacial score (nSPS) is 10.8. The van der Waals surface area contributed by atoms with Crippen LogP contribution in [0.2, 0.25) is 5.02 Å². The van der Waals surface area contributed by atoms with Crippen molar-refractivity contribution in [3.8, 4) is 5.75 Å². The van der Waals surface area contributed by atoms with Gasteiger partial charge in [-0.3, -0.25) is 9.36 Å². The van der Waals surface area contributed by atoms with Gasteiger partial charge in [0.15, 0.2) is 11.0 Å². The first kappa shape index (κ1) is 22.9. The molecule has 0 atom stereocenters. The van der Waals surface area contributed by atoms with Crippen molar-refractivity contribution in [2.24, 2.45) is 0 Å². The predicted molar refractivity (Wildman–Crippen MR) is 134 cm³/mol. The zero-order valence-corrected chi connectivity index (χ0v) is 19.7. The molecule has 1 aromatic heterocycles. The number of aryl methyl sites for hydroxylation is 1. The monoisotopic (exact) mass is 478 g/mol. The molecule has 1 heterocycles. The van der Waals surface area contributed by atoms with Gasteiger partial charge in [-0.05, 0) is 36.1 Å². The minimum atomic E-state index is -0.146. The van der Waals surface area contributed by atoms with Crippen LogP contribution >= 0.6 is 23.4 Å². The topological polar surface area (TPSA) is 69.0 Å². The minimum Gasteiger partial charge on any atom is -0.485 e. The number of carbonyl (C=O) groups is 1. The first-order valence-electron chi connectivity index (χ1n) is 10.4. The third-order valence-corrected chi connectivity index (χ3v) is 6.22. The number of halogens is 1. The molecule has 1 amide bonds. The van der Waals surface area contributed by atoms with E-state index < -0.39 is 0 Å². The van der Waals surface area contributed by atoms with Crippen molar-refractivity contribution < 1.29 is 9.53 Å². The van der Waals surface area contributed by atoms with Crippen LogP contribution in [0.1, 0.15) is 11.4 Å². The largest absolute Gasteiger partial charge is 0.485 e. The first-order valence-corrected chi connectivity index (χ1v) is 11.7. The van der Waals surface area contributed by atoms with E-state index in [1.165, 1.54) is 11.8 Å². The van der Waals surface area contributed by atoms with Crippen LogP contribution < -0.4 is 10.1 Å². The van der Waals surface area contributed by atoms with Crippen LogP contribution in [-0.4, -0.2) is 26.4 Å². The van der Waals surface area contributed by atoms with Crippen LogP contribution in [0.15, 0.2) is 78.5 Å². The summed E-state index contributed by atoms with van der Waals surface area (Å²) in [6.45, 7) is 6.51. The molecule has 0 spiro atoms. The second kappa shape index (κ2) is 10.6. The number of anilines is 1. The number of ether oxygens (including phenoxy) is 1. The number of hydrogen-bond acceptors (Lipinski definition) is 5. The molecular weight excluding hydrogens is 456 g/mol. The highest BCUT2D eigenvalue weighted by molar-refractivity contribution is 7.99. The molecule has 33 heavy (non-hydrogen) atoms. The van der Waals surface area contributed by atoms with Crippen molar-refractivity contribution in [3.05, 3.63) is 89.7 Å². The molecule has 0 aliphatic rings. The summed E-state index contributed by atoms with van der Waals surface area (Å²) in [6, 6.07) is 19.4. The van der Waals surface area contributed by atoms with Crippen LogP contribution in [0, 0.1) is 6.92 Å². The minimum absolute atomic E-state index is 0.146. The summed E-state index contributed by atoms with van der Waals surface area (Å²) in [5.41, 5.74) is 1.64. The number of nitrogens with zero attached hydrogens (tertiary/aromatic N) is 3. The van der Waals surface area contributed by atoms with E-state index in [4.69, 9.17) is 16.3 Å². The quantitative estimate of drug-likeness (QED) is 0.240. The van der Waals surface area contributed by atoms with E-state index in [0.29, 0.717) is 28.2 Å². The number of thioether (sulfide) groups is 1. The predicted octanol–water partition coefficient (Wildman–Crippen LogP) is 5.89. The summed E-state index contributed by atoms with van der Waals surface area (Å²) >= 11 is 7.35. The Labute approximate surface area is 201 Å². The molecule has 8 heteroatoms. The van der Waals surface area contributed by atoms with Gasteiger partial charge < -0.3 is 10.1 Å². The Bertz CT molecular complexity index is 1300. The number of fused-ring (bicyclic) bond motifs is 1. The lowest BCUT2D eigenvalue weighted by atomic mass is 10.1. The lowest BCUT2D eigenvalue weighted by Gasteiger charge is -2.11. The number of allylic oxidation sites excluding steroid dienone is 1. The summed E-state index contributed by atoms with van der Waals surface area (Å²) in [6.07, 6.45) is 1.77. The maximum atomic E-state index is 12.5. The van der Waals surface area contributed by atoms with Gasteiger partial charge in [-0.25, -0.2) is 0 Å². The van der Waals surface area contributed by atoms with E-state index in [9.17, 15) is 4.79 Å². The van der Waals surface area contributed by atoms with E-state index in [-0.39, 0.29) is 18.3 Å². The molecular formula is C25H23ClN4O2S. The van der Waals surface area contributed by atoms with E-state index in [2.05, 4.69) is 22.1 Å². The Hall–Kier alpha value is -3.29. The van der Waals surface area contributed by atoms with E-state index in [1.807, 2.05) is 60.0 Å². The molecule has 0 saturated heterocycles. The smallest absolute Gasteiger partial charge is 0.234 e. The van der Waals surface area contributed by atoms with E-state index in [1.54, 1.807) is 18.2 Å². The van der Waals surface area contributed by atoms with Gasteiger partial charge in [-0.2, -0.15) is 0 Å². The second-order valence-corrected chi connectivity index (χ2v) is 8.74. The van der Waals surface area contributed by atoms with E-state index in [0.717, 1.165) is 22.1 Å². The van der Waals surface area contributed by atoms with Crippen molar-refractivity contribution in [1.82, 2.24) is 14.8 Å². The van der Waals surface area contributed by atoms with Gasteiger partial charge in [0.05, 0.1) is 5.75 Å². The van der Waals surface area contributed by atoms with Crippen molar-refractivity contribution in [2.45, 2.75) is 25.2 Å². The fourth-order valence-electron chi connectivity index (χ4n) is 3.35. The molecule has 0 aliphatic carbocycles. The third kappa shape index (κ3) is 5.56. The molecule has 4 aromatic rings. The van der Waals surface area contributed by atoms with Crippen LogP contribution in [0.3, 0.4) is 0 Å². The summed E-state index contributed by atoms with van der Waals surface area (Å²) in [5, 5.41) is 14.8. The highest BCUT2D eigenvalue weighted by atomic mass is 35.5. The van der Waals surface area contributed by atoms with E-state index >= 15 is 0 Å². The van der Waals surface area contributed by atoms with Crippen LogP contribution in [-0.2, 0) is 17.9 Å². The summed E-state index contributed by atoms with van der Waals surface area (Å²) in [7, 11) is 0. The van der Waals surface area contributed by atoms with Crippen LogP contribution in [0.5, 0.6) is 5.75 Å². The van der Waals surface area contributed by atoms with Gasteiger partial charge in [0.25, 0.3) is 0 Å². The molecule has 168 valence electrons. The molecule has 0 bridgehead atoms. The molecule has 3 aromatic carbocycles. The Balaban J connectivity index is 1.43. The van der Waals surface area contributed by atoms with Gasteiger partial charge in [0, 0.05) is 22.6 Å². The first-order chi connectivity index (χ1) is 16.0. The molecule has 0 radical (unpaired) electrons. The third-order valence-electron chi connectivity index (χ3n) is 5.02. The van der Waals surface area contributed by atoms with Crippen molar-refractivity contribution in [1.29, 1.82) is 0 Å². The number of benzene rings is 3. The van der Waals surface area contributed by atoms with Crippen molar-refractivity contribution >= 4 is 45.7 Å². The molecule has 4 rings (SSSR count). The lowest BCUT2D eigenvalue weighted by Crippen LogP contribution is -2.15. The molecule has 0 saturated carbocycles. The fourth-order valence-corrected chi connectivity index (χ4v) is 4.29. The molecule has 6 nitrogen and oxygen atoms in total. The van der Waals surface area contributed by atoms with Gasteiger partial charge in [0.1, 0.15) is 12.4 Å². The maximum absolute atomic E-state index is 12.5. The summed E-state index contributed by atoms with van der Waals surface area (Å²) < 4.78 is 7.98. The number of carbonyl (C=O) groups excluding carboxylic acids is 1. The molecule has 1 N–H and O–H groups in total. The van der Waals surface area contributed by atoms with Crippen molar-refractivity contribution in [2.75, 3.05) is 11.1 Å². The van der Waals surface area contributed by atoms with Crippen LogP contribution in [0.4, 0.5) is 5.69 Å². The SMILES string of the molecule is C=CCn1c(COc2cccc3ccccc23)nnc1SCC(=O)Nc1cc(Cl)ccc1C. The van der Waals surface area contributed by atoms with Crippen LogP contribution in [0.25, 0.3) is 10.8 Å². The Morgan fingerprint density at radius 3 is 2.85 bits per heavy atom. The average molecular weight is 479 g/mol. The number of hydrogen-bond donors (Lipinski definition) is 1. The van der Waals surface area contributed by atoms with Crippen molar-refractivity contribution in [3.63, 3.8) is 0 Å². The second-order valence-electron chi connectivity index (χ2n) is 7.36. The number of nitrogens with one attached hydrogen (secondary N) is 1. The fraction of sp³-hybridized carbons (Fsp3) is 0.160. The molecule has 0 aliphatic heterocycles. The van der Waals surface area contributed by atoms with Gasteiger partial charge in [-0.1, -0.05) is 71.9 Å². The number of amides is 1. The zero-order valence-electron chi connectivity index (χ0n) is 18.1. The number of aromatic nitrogens is 3. The summed E-state index contributed by atoms with van der Waals surface area (Å²) in [5.74, 6) is 1.49. The average Bonchev–Trinajstić information content (AvgIpc) is 3.20. The van der Waals surface area contributed by atoms with Gasteiger partial charge in [-0.15, -0.1) is 16.8 Å². The Morgan fingerprint density at radius 1 is 1.18 bits per heavy atom. The highest BCUT2D eigenvalue weighted by Gasteiger charge is 2.15. The molecule has 0 unspecified atom stereocenters. The number of rotatable bonds is 9. The van der Waals surface area contributed by atoms with Gasteiger partial charge >= 0.3 is 0 Å². The maximum Gasteiger partial charge on any atom is 0.234 e. The Morgan fingerprint density at radius 2 is 2.00 bits per heavy atom. The summed E-state index contributed by atoms with van der Waals surface area (Å²) in [4.78, 5) is 12.5. The highest BCUT2D eigenvalue weighted by Crippen LogP contribution is 2.26. The molecule has 0 fully saturated rings.